The van der Waals surface area contributed by atoms with Crippen LogP contribution < -0.4 is 5.32 Å². The Hall–Kier alpha value is -1.78. The normalized spacial score (nSPS) is 17.2. The van der Waals surface area contributed by atoms with Crippen LogP contribution in [-0.2, 0) is 0 Å². The standard InChI is InChI=1S/C19H23ClN2O2/c20-16-8-5-7-15(13-16)19(23)21-14-17(18-9-6-12-24-18)22-10-3-1-2-4-11-22/h5-9,12-13,17H,1-4,10-11,14H2,(H,21,23). The van der Waals surface area contributed by atoms with Crippen LogP contribution >= 0.6 is 11.6 Å². The molecule has 2 aromatic rings. The number of hydrogen-bond donors (Lipinski definition) is 1. The second-order valence-electron chi connectivity index (χ2n) is 6.20. The molecule has 0 aliphatic carbocycles. The van der Waals surface area contributed by atoms with Gasteiger partial charge in [0.05, 0.1) is 12.3 Å². The highest BCUT2D eigenvalue weighted by molar-refractivity contribution is 6.30. The van der Waals surface area contributed by atoms with Gasteiger partial charge in [0.25, 0.3) is 5.91 Å². The molecule has 1 N–H and O–H groups in total. The van der Waals surface area contributed by atoms with Crippen molar-refractivity contribution in [1.29, 1.82) is 0 Å². The maximum absolute atomic E-state index is 12.4. The molecule has 1 aromatic carbocycles. The van der Waals surface area contributed by atoms with Crippen LogP contribution in [0.25, 0.3) is 0 Å². The van der Waals surface area contributed by atoms with Crippen molar-refractivity contribution >= 4 is 17.5 Å². The number of halogens is 1. The fourth-order valence-corrected chi connectivity index (χ4v) is 3.41. The Kier molecular flexibility index (Phi) is 5.94. The third kappa shape index (κ3) is 4.40. The zero-order valence-electron chi connectivity index (χ0n) is 13.7. The maximum atomic E-state index is 12.4. The molecule has 128 valence electrons. The molecule has 24 heavy (non-hydrogen) atoms. The minimum Gasteiger partial charge on any atom is -0.468 e. The largest absolute Gasteiger partial charge is 0.468 e. The number of rotatable bonds is 5. The monoisotopic (exact) mass is 346 g/mol. The van der Waals surface area contributed by atoms with Crippen molar-refractivity contribution in [2.24, 2.45) is 0 Å². The minimum absolute atomic E-state index is 0.0706. The molecule has 4 nitrogen and oxygen atoms in total. The molecule has 5 heteroatoms. The van der Waals surface area contributed by atoms with Crippen LogP contribution in [-0.4, -0.2) is 30.4 Å². The lowest BCUT2D eigenvalue weighted by molar-refractivity contribution is 0.0927. The van der Waals surface area contributed by atoms with Crippen LogP contribution in [0.1, 0.15) is 47.8 Å². The summed E-state index contributed by atoms with van der Waals surface area (Å²) in [5.41, 5.74) is 0.580. The van der Waals surface area contributed by atoms with Crippen molar-refractivity contribution in [3.63, 3.8) is 0 Å². The van der Waals surface area contributed by atoms with Gasteiger partial charge in [0.15, 0.2) is 0 Å². The van der Waals surface area contributed by atoms with Gasteiger partial charge < -0.3 is 9.73 Å². The number of hydrogen-bond acceptors (Lipinski definition) is 3. The molecule has 1 unspecified atom stereocenters. The summed E-state index contributed by atoms with van der Waals surface area (Å²) < 4.78 is 5.63. The summed E-state index contributed by atoms with van der Waals surface area (Å²) in [4.78, 5) is 14.8. The van der Waals surface area contributed by atoms with Gasteiger partial charge in [-0.25, -0.2) is 0 Å². The highest BCUT2D eigenvalue weighted by atomic mass is 35.5. The quantitative estimate of drug-likeness (QED) is 0.878. The molecular weight excluding hydrogens is 324 g/mol. The average Bonchev–Trinajstić information content (AvgIpc) is 2.98. The van der Waals surface area contributed by atoms with Gasteiger partial charge in [-0.1, -0.05) is 30.5 Å². The van der Waals surface area contributed by atoms with Gasteiger partial charge in [-0.05, 0) is 56.3 Å². The summed E-state index contributed by atoms with van der Waals surface area (Å²) in [5, 5.41) is 3.60. The third-order valence-corrected chi connectivity index (χ3v) is 4.73. The van der Waals surface area contributed by atoms with Crippen molar-refractivity contribution < 1.29 is 9.21 Å². The number of benzene rings is 1. The molecule has 3 rings (SSSR count). The van der Waals surface area contributed by atoms with E-state index in [1.807, 2.05) is 12.1 Å². The lowest BCUT2D eigenvalue weighted by Gasteiger charge is -2.29. The van der Waals surface area contributed by atoms with Crippen molar-refractivity contribution in [3.05, 3.63) is 59.0 Å². The first-order valence-corrected chi connectivity index (χ1v) is 8.93. The van der Waals surface area contributed by atoms with Crippen LogP contribution in [0, 0.1) is 0 Å². The van der Waals surface area contributed by atoms with E-state index in [2.05, 4.69) is 10.2 Å². The Labute approximate surface area is 147 Å². The number of nitrogens with one attached hydrogen (secondary N) is 1. The molecule has 1 aromatic heterocycles. The van der Waals surface area contributed by atoms with Crippen LogP contribution in [0.3, 0.4) is 0 Å². The lowest BCUT2D eigenvalue weighted by Crippen LogP contribution is -2.38. The third-order valence-electron chi connectivity index (χ3n) is 4.50. The van der Waals surface area contributed by atoms with Crippen LogP contribution in [0.15, 0.2) is 47.1 Å². The highest BCUT2D eigenvalue weighted by Gasteiger charge is 2.24. The van der Waals surface area contributed by atoms with E-state index < -0.39 is 0 Å². The van der Waals surface area contributed by atoms with E-state index in [1.54, 1.807) is 30.5 Å². The predicted octanol–water partition coefficient (Wildman–Crippen LogP) is 4.28. The summed E-state index contributed by atoms with van der Waals surface area (Å²) in [5.74, 6) is 0.798. The molecular formula is C19H23ClN2O2. The molecule has 0 bridgehead atoms. The zero-order valence-corrected chi connectivity index (χ0v) is 14.5. The molecule has 2 heterocycles. The average molecular weight is 347 g/mol. The SMILES string of the molecule is O=C(NCC(c1ccco1)N1CCCCCC1)c1cccc(Cl)c1. The van der Waals surface area contributed by atoms with E-state index in [9.17, 15) is 4.79 Å². The van der Waals surface area contributed by atoms with Gasteiger partial charge >= 0.3 is 0 Å². The van der Waals surface area contributed by atoms with E-state index in [0.717, 1.165) is 18.8 Å². The molecule has 1 amide bonds. The molecule has 1 aliphatic heterocycles. The summed E-state index contributed by atoms with van der Waals surface area (Å²) in [7, 11) is 0. The van der Waals surface area contributed by atoms with Gasteiger partial charge in [0.2, 0.25) is 0 Å². The summed E-state index contributed by atoms with van der Waals surface area (Å²) in [6, 6.07) is 11.0. The number of furan rings is 1. The van der Waals surface area contributed by atoms with Gasteiger partial charge in [0.1, 0.15) is 5.76 Å². The van der Waals surface area contributed by atoms with Crippen molar-refractivity contribution in [1.82, 2.24) is 10.2 Å². The zero-order chi connectivity index (χ0) is 16.8. The van der Waals surface area contributed by atoms with Gasteiger partial charge in [-0.3, -0.25) is 9.69 Å². The first-order valence-electron chi connectivity index (χ1n) is 8.55. The second kappa shape index (κ2) is 8.36. The molecule has 1 aliphatic rings. The van der Waals surface area contributed by atoms with Gasteiger partial charge in [0, 0.05) is 17.1 Å². The lowest BCUT2D eigenvalue weighted by atomic mass is 10.1. The maximum Gasteiger partial charge on any atom is 0.251 e. The molecule has 0 saturated carbocycles. The molecule has 0 radical (unpaired) electrons. The number of amides is 1. The smallest absolute Gasteiger partial charge is 0.251 e. The minimum atomic E-state index is -0.108. The number of nitrogens with zero attached hydrogens (tertiary/aromatic N) is 1. The summed E-state index contributed by atoms with van der Waals surface area (Å²) in [6.07, 6.45) is 6.63. The van der Waals surface area contributed by atoms with Crippen molar-refractivity contribution in [2.45, 2.75) is 31.7 Å². The van der Waals surface area contributed by atoms with Crippen LogP contribution in [0.4, 0.5) is 0 Å². The Bertz CT molecular complexity index is 649. The van der Waals surface area contributed by atoms with Gasteiger partial charge in [-0.2, -0.15) is 0 Å². The Balaban J connectivity index is 1.69. The van der Waals surface area contributed by atoms with Crippen LogP contribution in [0.2, 0.25) is 5.02 Å². The van der Waals surface area contributed by atoms with E-state index in [4.69, 9.17) is 16.0 Å². The molecule has 1 fully saturated rings. The van der Waals surface area contributed by atoms with E-state index >= 15 is 0 Å². The fraction of sp³-hybridized carbons (Fsp3) is 0.421. The molecule has 0 spiro atoms. The predicted molar refractivity (Wildman–Crippen MR) is 95.3 cm³/mol. The molecule has 1 atom stereocenters. The highest BCUT2D eigenvalue weighted by Crippen LogP contribution is 2.24. The molecule has 1 saturated heterocycles. The Morgan fingerprint density at radius 1 is 1.17 bits per heavy atom. The van der Waals surface area contributed by atoms with E-state index in [-0.39, 0.29) is 11.9 Å². The first-order chi connectivity index (χ1) is 11.7. The first kappa shape index (κ1) is 17.1. The van der Waals surface area contributed by atoms with E-state index in [1.165, 1.54) is 25.7 Å². The van der Waals surface area contributed by atoms with Crippen molar-refractivity contribution in [3.8, 4) is 0 Å². The summed E-state index contributed by atoms with van der Waals surface area (Å²) >= 11 is 5.97. The summed E-state index contributed by atoms with van der Waals surface area (Å²) in [6.45, 7) is 2.61. The van der Waals surface area contributed by atoms with Crippen molar-refractivity contribution in [2.75, 3.05) is 19.6 Å². The van der Waals surface area contributed by atoms with Crippen LogP contribution in [0.5, 0.6) is 0 Å². The fourth-order valence-electron chi connectivity index (χ4n) is 3.22. The Morgan fingerprint density at radius 3 is 2.62 bits per heavy atom. The second-order valence-corrected chi connectivity index (χ2v) is 6.64. The Morgan fingerprint density at radius 2 is 1.96 bits per heavy atom. The van der Waals surface area contributed by atoms with Gasteiger partial charge in [-0.15, -0.1) is 0 Å². The number of carbonyl (C=O) groups excluding carboxylic acids is 1. The number of carbonyl (C=O) groups is 1. The van der Waals surface area contributed by atoms with E-state index in [0.29, 0.717) is 17.1 Å². The topological polar surface area (TPSA) is 45.5 Å². The number of likely N-dealkylation sites (tertiary alicyclic amines) is 1.